The Hall–Kier alpha value is -1.02. The third kappa shape index (κ3) is 2.38. The van der Waals surface area contributed by atoms with Gasteiger partial charge in [0.15, 0.2) is 0 Å². The minimum absolute atomic E-state index is 0.132. The van der Waals surface area contributed by atoms with Gasteiger partial charge in [0.25, 0.3) is 0 Å². The van der Waals surface area contributed by atoms with Crippen molar-refractivity contribution < 1.29 is 5.11 Å². The largest absolute Gasteiger partial charge is 0.392 e. The van der Waals surface area contributed by atoms with Crippen molar-refractivity contribution >= 4 is 5.69 Å². The zero-order valence-corrected chi connectivity index (χ0v) is 10.2. The molecule has 0 spiro atoms. The molecule has 0 atom stereocenters. The van der Waals surface area contributed by atoms with Gasteiger partial charge in [-0.2, -0.15) is 0 Å². The SMILES string of the molecule is Cc1cc(CO)ccc1N(C)CC1CCC1. The Labute approximate surface area is 97.9 Å². The van der Waals surface area contributed by atoms with Gasteiger partial charge in [-0.05, 0) is 42.9 Å². The van der Waals surface area contributed by atoms with Gasteiger partial charge in [-0.15, -0.1) is 0 Å². The van der Waals surface area contributed by atoms with Crippen molar-refractivity contribution in [3.63, 3.8) is 0 Å². The van der Waals surface area contributed by atoms with Crippen LogP contribution < -0.4 is 4.90 Å². The molecule has 0 bridgehead atoms. The van der Waals surface area contributed by atoms with Crippen LogP contribution in [0.5, 0.6) is 0 Å². The molecule has 0 heterocycles. The van der Waals surface area contributed by atoms with Crippen molar-refractivity contribution in [2.75, 3.05) is 18.5 Å². The maximum Gasteiger partial charge on any atom is 0.0681 e. The number of aliphatic hydroxyl groups excluding tert-OH is 1. The number of nitrogens with zero attached hydrogens (tertiary/aromatic N) is 1. The zero-order valence-electron chi connectivity index (χ0n) is 10.2. The van der Waals surface area contributed by atoms with Crippen molar-refractivity contribution in [1.82, 2.24) is 0 Å². The number of hydrogen-bond acceptors (Lipinski definition) is 2. The first kappa shape index (κ1) is 11.5. The molecule has 1 saturated carbocycles. The molecule has 0 unspecified atom stereocenters. The quantitative estimate of drug-likeness (QED) is 0.841. The summed E-state index contributed by atoms with van der Waals surface area (Å²) in [5.41, 5.74) is 3.55. The zero-order chi connectivity index (χ0) is 11.5. The normalized spacial score (nSPS) is 15.9. The van der Waals surface area contributed by atoms with Gasteiger partial charge in [-0.25, -0.2) is 0 Å². The molecule has 0 aliphatic heterocycles. The number of hydrogen-bond donors (Lipinski definition) is 1. The molecule has 1 aliphatic rings. The second-order valence-electron chi connectivity index (χ2n) is 4.96. The summed E-state index contributed by atoms with van der Waals surface area (Å²) in [6, 6.07) is 6.21. The standard InChI is InChI=1S/C14H21NO/c1-11-8-13(10-16)6-7-14(11)15(2)9-12-4-3-5-12/h6-8,12,16H,3-5,9-10H2,1-2H3. The molecule has 2 nitrogen and oxygen atoms in total. The summed E-state index contributed by atoms with van der Waals surface area (Å²) in [5.74, 6) is 0.891. The van der Waals surface area contributed by atoms with Crippen molar-refractivity contribution in [3.8, 4) is 0 Å². The highest BCUT2D eigenvalue weighted by Gasteiger charge is 2.19. The van der Waals surface area contributed by atoms with Crippen LogP contribution in [0, 0.1) is 12.8 Å². The lowest BCUT2D eigenvalue weighted by molar-refractivity contribution is 0.282. The molecular weight excluding hydrogens is 198 g/mol. The summed E-state index contributed by atoms with van der Waals surface area (Å²) < 4.78 is 0. The maximum absolute atomic E-state index is 9.07. The van der Waals surface area contributed by atoms with Gasteiger partial charge in [0.2, 0.25) is 0 Å². The Morgan fingerprint density at radius 3 is 2.62 bits per heavy atom. The van der Waals surface area contributed by atoms with Crippen LogP contribution >= 0.6 is 0 Å². The van der Waals surface area contributed by atoms with E-state index >= 15 is 0 Å². The highest BCUT2D eigenvalue weighted by molar-refractivity contribution is 5.53. The third-order valence-electron chi connectivity index (χ3n) is 3.61. The monoisotopic (exact) mass is 219 g/mol. The van der Waals surface area contributed by atoms with Crippen LogP contribution in [0.1, 0.15) is 30.4 Å². The molecule has 1 aromatic carbocycles. The molecule has 1 fully saturated rings. The highest BCUT2D eigenvalue weighted by Crippen LogP contribution is 2.29. The summed E-state index contributed by atoms with van der Waals surface area (Å²) in [7, 11) is 2.17. The van der Waals surface area contributed by atoms with Gasteiger partial charge in [-0.1, -0.05) is 18.6 Å². The van der Waals surface area contributed by atoms with Gasteiger partial charge in [0, 0.05) is 19.3 Å². The van der Waals surface area contributed by atoms with E-state index in [4.69, 9.17) is 5.11 Å². The average Bonchev–Trinajstić information content (AvgIpc) is 2.23. The minimum Gasteiger partial charge on any atom is -0.392 e. The van der Waals surface area contributed by atoms with Crippen molar-refractivity contribution in [2.45, 2.75) is 32.8 Å². The number of aliphatic hydroxyl groups is 1. The van der Waals surface area contributed by atoms with E-state index in [0.717, 1.165) is 11.5 Å². The van der Waals surface area contributed by atoms with Gasteiger partial charge in [0.1, 0.15) is 0 Å². The third-order valence-corrected chi connectivity index (χ3v) is 3.61. The van der Waals surface area contributed by atoms with Crippen LogP contribution in [0.25, 0.3) is 0 Å². The topological polar surface area (TPSA) is 23.5 Å². The molecule has 16 heavy (non-hydrogen) atoms. The van der Waals surface area contributed by atoms with Gasteiger partial charge in [0.05, 0.1) is 6.61 Å². The molecule has 1 aromatic rings. The second-order valence-corrected chi connectivity index (χ2v) is 4.96. The smallest absolute Gasteiger partial charge is 0.0681 e. The van der Waals surface area contributed by atoms with Crippen LogP contribution in [0.15, 0.2) is 18.2 Å². The minimum atomic E-state index is 0.132. The molecule has 2 rings (SSSR count). The van der Waals surface area contributed by atoms with Gasteiger partial charge in [-0.3, -0.25) is 0 Å². The fourth-order valence-electron chi connectivity index (χ4n) is 2.41. The Morgan fingerprint density at radius 2 is 2.12 bits per heavy atom. The highest BCUT2D eigenvalue weighted by atomic mass is 16.3. The van der Waals surface area contributed by atoms with E-state index in [0.29, 0.717) is 0 Å². The number of rotatable bonds is 4. The van der Waals surface area contributed by atoms with Crippen LogP contribution in [0.2, 0.25) is 0 Å². The van der Waals surface area contributed by atoms with E-state index in [9.17, 15) is 0 Å². The summed E-state index contributed by atoms with van der Waals surface area (Å²) in [5, 5.41) is 9.07. The van der Waals surface area contributed by atoms with Crippen molar-refractivity contribution in [1.29, 1.82) is 0 Å². The predicted molar refractivity (Wildman–Crippen MR) is 67.7 cm³/mol. The first-order chi connectivity index (χ1) is 7.70. The summed E-state index contributed by atoms with van der Waals surface area (Å²) in [6.07, 6.45) is 4.18. The van der Waals surface area contributed by atoms with E-state index in [2.05, 4.69) is 31.0 Å². The lowest BCUT2D eigenvalue weighted by Crippen LogP contribution is -2.29. The molecule has 0 radical (unpaired) electrons. The van der Waals surface area contributed by atoms with E-state index < -0.39 is 0 Å². The van der Waals surface area contributed by atoms with Crippen molar-refractivity contribution in [2.24, 2.45) is 5.92 Å². The number of aryl methyl sites for hydroxylation is 1. The lowest BCUT2D eigenvalue weighted by Gasteiger charge is -2.32. The summed E-state index contributed by atoms with van der Waals surface area (Å²) in [6.45, 7) is 3.42. The molecule has 2 heteroatoms. The van der Waals surface area contributed by atoms with Crippen LogP contribution in [0.3, 0.4) is 0 Å². The molecule has 88 valence electrons. The molecule has 0 aromatic heterocycles. The van der Waals surface area contributed by atoms with Crippen LogP contribution in [-0.4, -0.2) is 18.7 Å². The first-order valence-corrected chi connectivity index (χ1v) is 6.12. The number of anilines is 1. The summed E-state index contributed by atoms with van der Waals surface area (Å²) >= 11 is 0. The van der Waals surface area contributed by atoms with Crippen molar-refractivity contribution in [3.05, 3.63) is 29.3 Å². The van der Waals surface area contributed by atoms with Crippen LogP contribution in [0.4, 0.5) is 5.69 Å². The molecule has 1 N–H and O–H groups in total. The summed E-state index contributed by atoms with van der Waals surface area (Å²) in [4.78, 5) is 2.35. The Balaban J connectivity index is 2.06. The van der Waals surface area contributed by atoms with E-state index in [1.54, 1.807) is 0 Å². The van der Waals surface area contributed by atoms with Gasteiger partial charge < -0.3 is 10.0 Å². The Bertz CT molecular complexity index is 358. The van der Waals surface area contributed by atoms with Gasteiger partial charge >= 0.3 is 0 Å². The molecular formula is C14H21NO. The molecule has 0 amide bonds. The fourth-order valence-corrected chi connectivity index (χ4v) is 2.41. The molecule has 1 aliphatic carbocycles. The van der Waals surface area contributed by atoms with E-state index in [1.165, 1.54) is 37.1 Å². The molecule has 0 saturated heterocycles. The Kier molecular flexibility index (Phi) is 3.49. The lowest BCUT2D eigenvalue weighted by atomic mass is 9.85. The first-order valence-electron chi connectivity index (χ1n) is 6.12. The van der Waals surface area contributed by atoms with Crippen LogP contribution in [-0.2, 0) is 6.61 Å². The van der Waals surface area contributed by atoms with E-state index in [1.807, 2.05) is 6.07 Å². The Morgan fingerprint density at radius 1 is 1.38 bits per heavy atom. The fraction of sp³-hybridized carbons (Fsp3) is 0.571. The average molecular weight is 219 g/mol. The predicted octanol–water partition coefficient (Wildman–Crippen LogP) is 2.72. The second kappa shape index (κ2) is 4.88. The maximum atomic E-state index is 9.07. The van der Waals surface area contributed by atoms with E-state index in [-0.39, 0.29) is 6.61 Å². The number of benzene rings is 1.